The smallest absolute Gasteiger partial charge is 0.361 e. The van der Waals surface area contributed by atoms with E-state index in [4.69, 9.17) is 18.9 Å². The lowest BCUT2D eigenvalue weighted by molar-refractivity contribution is -0.870. The number of carbonyl (C=O) groups is 3. The first-order valence-corrected chi connectivity index (χ1v) is 42.4. The van der Waals surface area contributed by atoms with Crippen molar-refractivity contribution in [3.05, 3.63) is 97.2 Å². The molecule has 0 fully saturated rings. The van der Waals surface area contributed by atoms with Gasteiger partial charge in [0.25, 0.3) is 6.29 Å². The molecule has 0 aliphatic carbocycles. The van der Waals surface area contributed by atoms with Gasteiger partial charge in [-0.05, 0) is 77.0 Å². The number of nitrogens with zero attached hydrogens (tertiary/aromatic N) is 1. The first kappa shape index (κ1) is 95.2. The number of aliphatic carboxylic acids is 1. The number of carbonyl (C=O) groups excluding carboxylic acids is 2. The second kappa shape index (κ2) is 79.9. The molecule has 9 heteroatoms. The topological polar surface area (TPSA) is 108 Å². The second-order valence-electron chi connectivity index (χ2n) is 29.8. The maximum Gasteiger partial charge on any atom is 0.361 e. The van der Waals surface area contributed by atoms with Crippen LogP contribution < -0.4 is 0 Å². The molecule has 0 spiro atoms. The number of unbranched alkanes of at least 4 members (excludes halogenated alkanes) is 48. The van der Waals surface area contributed by atoms with Crippen molar-refractivity contribution in [3.8, 4) is 0 Å². The van der Waals surface area contributed by atoms with Crippen molar-refractivity contribution in [2.75, 3.05) is 47.5 Å². The number of allylic oxidation sites excluding steroid dienone is 16. The highest BCUT2D eigenvalue weighted by molar-refractivity contribution is 5.71. The molecule has 0 aliphatic heterocycles. The average Bonchev–Trinajstić information content (AvgIpc) is 1.14. The van der Waals surface area contributed by atoms with Crippen LogP contribution in [0.2, 0.25) is 0 Å². The summed E-state index contributed by atoms with van der Waals surface area (Å²) in [6.45, 7) is 4.82. The quantitative estimate of drug-likeness (QED) is 0.0211. The largest absolute Gasteiger partial charge is 0.477 e. The summed E-state index contributed by atoms with van der Waals surface area (Å²) in [5.74, 6) is -1.98. The van der Waals surface area contributed by atoms with Crippen molar-refractivity contribution < 1.29 is 42.9 Å². The van der Waals surface area contributed by atoms with Crippen LogP contribution in [0.3, 0.4) is 0 Å². The van der Waals surface area contributed by atoms with Gasteiger partial charge in [-0.25, -0.2) is 4.79 Å². The third-order valence-corrected chi connectivity index (χ3v) is 18.9. The van der Waals surface area contributed by atoms with Crippen LogP contribution in [0.1, 0.15) is 399 Å². The van der Waals surface area contributed by atoms with Gasteiger partial charge in [0, 0.05) is 12.8 Å². The van der Waals surface area contributed by atoms with Crippen molar-refractivity contribution in [3.63, 3.8) is 0 Å². The van der Waals surface area contributed by atoms with E-state index in [9.17, 15) is 19.5 Å². The van der Waals surface area contributed by atoms with Crippen LogP contribution in [-0.4, -0.2) is 87.4 Å². The Hall–Kier alpha value is -3.79. The lowest BCUT2D eigenvalue weighted by Crippen LogP contribution is -2.40. The number of hydrogen-bond donors (Lipinski definition) is 1. The lowest BCUT2D eigenvalue weighted by Gasteiger charge is -2.25. The molecule has 2 unspecified atom stereocenters. The fraction of sp³-hybridized carbons (Fsp3) is 0.789. The zero-order valence-corrected chi connectivity index (χ0v) is 65.9. The van der Waals surface area contributed by atoms with E-state index in [-0.39, 0.29) is 32.2 Å². The van der Waals surface area contributed by atoms with Gasteiger partial charge in [0.2, 0.25) is 0 Å². The Kier molecular flexibility index (Phi) is 76.8. The third kappa shape index (κ3) is 81.4. The predicted octanol–water partition coefficient (Wildman–Crippen LogP) is 27.5. The van der Waals surface area contributed by atoms with Crippen molar-refractivity contribution in [1.82, 2.24) is 0 Å². The molecule has 0 radical (unpaired) electrons. The number of likely N-dealkylation sites (N-methyl/N-ethyl adjacent to an activating group) is 1. The van der Waals surface area contributed by atoms with Crippen LogP contribution in [0.25, 0.3) is 0 Å². The minimum Gasteiger partial charge on any atom is -0.477 e. The normalized spacial score (nSPS) is 13.1. The number of hydrogen-bond acceptors (Lipinski definition) is 7. The maximum absolute atomic E-state index is 13.0. The summed E-state index contributed by atoms with van der Waals surface area (Å²) in [5, 5.41) is 9.78. The molecular formula is C90H162NO8+. The van der Waals surface area contributed by atoms with Gasteiger partial charge >= 0.3 is 17.9 Å². The molecule has 0 aromatic carbocycles. The minimum atomic E-state index is -1.51. The lowest BCUT2D eigenvalue weighted by atomic mass is 10.0. The van der Waals surface area contributed by atoms with Crippen molar-refractivity contribution in [2.24, 2.45) is 0 Å². The number of rotatable bonds is 79. The van der Waals surface area contributed by atoms with Gasteiger partial charge in [0.05, 0.1) is 34.4 Å². The van der Waals surface area contributed by atoms with E-state index >= 15 is 0 Å². The van der Waals surface area contributed by atoms with Gasteiger partial charge in [-0.3, -0.25) is 9.59 Å². The number of carboxylic acids is 1. The van der Waals surface area contributed by atoms with Crippen LogP contribution in [0, 0.1) is 0 Å². The minimum absolute atomic E-state index is 0.180. The van der Waals surface area contributed by atoms with Crippen LogP contribution in [0.4, 0.5) is 0 Å². The molecule has 0 aromatic rings. The maximum atomic E-state index is 13.0. The summed E-state index contributed by atoms with van der Waals surface area (Å²) < 4.78 is 23.1. The van der Waals surface area contributed by atoms with Crippen molar-refractivity contribution >= 4 is 17.9 Å². The van der Waals surface area contributed by atoms with Crippen LogP contribution >= 0.6 is 0 Å². The molecular weight excluding hydrogens is 1220 g/mol. The van der Waals surface area contributed by atoms with Gasteiger partial charge in [-0.1, -0.05) is 406 Å². The molecule has 0 amide bonds. The molecule has 2 atom stereocenters. The molecule has 99 heavy (non-hydrogen) atoms. The highest BCUT2D eigenvalue weighted by atomic mass is 16.7. The van der Waals surface area contributed by atoms with E-state index in [1.54, 1.807) is 0 Å². The number of carboxylic acid groups (broad SMARTS) is 1. The third-order valence-electron chi connectivity index (χ3n) is 18.9. The van der Waals surface area contributed by atoms with E-state index in [1.165, 1.54) is 283 Å². The fourth-order valence-electron chi connectivity index (χ4n) is 12.4. The van der Waals surface area contributed by atoms with Gasteiger partial charge in [-0.15, -0.1) is 0 Å². The molecule has 1 N–H and O–H groups in total. The van der Waals surface area contributed by atoms with Crippen LogP contribution in [0.15, 0.2) is 97.2 Å². The van der Waals surface area contributed by atoms with E-state index in [2.05, 4.69) is 111 Å². The van der Waals surface area contributed by atoms with Gasteiger partial charge < -0.3 is 28.5 Å². The molecule has 0 heterocycles. The fourth-order valence-corrected chi connectivity index (χ4v) is 12.4. The number of ether oxygens (including phenoxy) is 4. The Bertz CT molecular complexity index is 1960. The molecule has 0 saturated carbocycles. The van der Waals surface area contributed by atoms with E-state index < -0.39 is 24.3 Å². The zero-order chi connectivity index (χ0) is 71.8. The van der Waals surface area contributed by atoms with E-state index in [0.29, 0.717) is 17.4 Å². The van der Waals surface area contributed by atoms with E-state index in [0.717, 1.165) is 89.9 Å². The Morgan fingerprint density at radius 1 is 0.313 bits per heavy atom. The molecule has 574 valence electrons. The zero-order valence-electron chi connectivity index (χ0n) is 65.9. The standard InChI is InChI=1S/C90H161NO8/c1-6-8-10-12-14-16-18-20-22-24-26-28-30-32-34-36-38-40-42-43-44-45-47-49-51-53-55-57-59-61-63-65-67-69-71-73-75-77-79-81-88(93)99-86(85-98-90(89(94)95)96-83-82-91(3,4)5)84-97-87(92)80-78-76-74-72-70-68-66-64-62-60-58-56-54-52-50-48-46-41-39-37-35-33-31-29-27-25-23-21-19-17-15-13-11-9-7-2/h8,10,14,16,20,22,26,28,32,34,38,40,43-44,47,49,86,90H,6-7,9,11-13,15,17-19,21,23-25,27,29-31,33,35-37,39,41-42,45-46,48,50-85H2,1-5H3/p+1/b10-8-,16-14-,22-20-,28-26-,34-32-,40-38-,44-43-,49-47-. The van der Waals surface area contributed by atoms with Gasteiger partial charge in [0.1, 0.15) is 13.2 Å². The first-order valence-electron chi connectivity index (χ1n) is 42.4. The molecule has 0 aliphatic rings. The summed E-state index contributed by atoms with van der Waals surface area (Å²) in [4.78, 5) is 37.8. The monoisotopic (exact) mass is 1390 g/mol. The summed E-state index contributed by atoms with van der Waals surface area (Å²) in [5.41, 5.74) is 0. The number of esters is 2. The first-order chi connectivity index (χ1) is 48.6. The van der Waals surface area contributed by atoms with Crippen molar-refractivity contribution in [2.45, 2.75) is 411 Å². The van der Waals surface area contributed by atoms with Crippen LogP contribution in [-0.2, 0) is 33.3 Å². The Balaban J connectivity index is 3.99. The predicted molar refractivity (Wildman–Crippen MR) is 429 cm³/mol. The molecule has 0 saturated heterocycles. The molecule has 0 rings (SSSR count). The summed E-state index contributed by atoms with van der Waals surface area (Å²) in [6.07, 6.45) is 109. The Morgan fingerprint density at radius 3 is 0.859 bits per heavy atom. The highest BCUT2D eigenvalue weighted by Crippen LogP contribution is 2.20. The molecule has 0 aromatic heterocycles. The SMILES string of the molecule is CC/C=C\C/C=C\C/C=C\C/C=C\C/C=C\C/C=C\C/C=C\C/C=C\CCCCCCCCCCCCCCCCC(=O)OC(COC(=O)CCCCCCCCCCCCCCCCCCCCCCCCCCCCCCCCCCCCC)COC(OCC[N+](C)(C)C)C(=O)O. The van der Waals surface area contributed by atoms with Crippen LogP contribution in [0.5, 0.6) is 0 Å². The second-order valence-corrected chi connectivity index (χ2v) is 29.8. The summed E-state index contributed by atoms with van der Waals surface area (Å²) in [7, 11) is 5.99. The summed E-state index contributed by atoms with van der Waals surface area (Å²) >= 11 is 0. The summed E-state index contributed by atoms with van der Waals surface area (Å²) in [6, 6.07) is 0. The Morgan fingerprint density at radius 2 is 0.576 bits per heavy atom. The highest BCUT2D eigenvalue weighted by Gasteiger charge is 2.25. The van der Waals surface area contributed by atoms with Crippen molar-refractivity contribution in [1.29, 1.82) is 0 Å². The molecule has 0 bridgehead atoms. The number of quaternary nitrogens is 1. The Labute approximate surface area is 613 Å². The average molecular weight is 1390 g/mol. The molecule has 9 nitrogen and oxygen atoms in total. The van der Waals surface area contributed by atoms with Gasteiger partial charge in [0.15, 0.2) is 6.10 Å². The van der Waals surface area contributed by atoms with Gasteiger partial charge in [-0.2, -0.15) is 0 Å². The van der Waals surface area contributed by atoms with E-state index in [1.807, 2.05) is 21.1 Å².